The van der Waals surface area contributed by atoms with Crippen LogP contribution in [-0.2, 0) is 7.05 Å². The van der Waals surface area contributed by atoms with Crippen LogP contribution in [0, 0.1) is 0 Å². The first-order valence-electron chi connectivity index (χ1n) is 7.11. The molecule has 0 spiro atoms. The summed E-state index contributed by atoms with van der Waals surface area (Å²) in [6.45, 7) is 7.69. The first-order valence-corrected chi connectivity index (χ1v) is 7.11. The van der Waals surface area contributed by atoms with E-state index in [0.29, 0.717) is 12.0 Å². The number of nitrogen functional groups attached to an aromatic ring is 1. The zero-order valence-corrected chi connectivity index (χ0v) is 12.1. The molecule has 0 bridgehead atoms. The summed E-state index contributed by atoms with van der Waals surface area (Å²) in [6, 6.07) is 0.560. The fourth-order valence-electron chi connectivity index (χ4n) is 2.91. The summed E-state index contributed by atoms with van der Waals surface area (Å²) in [4.78, 5) is 2.45. The summed E-state index contributed by atoms with van der Waals surface area (Å²) >= 11 is 0. The van der Waals surface area contributed by atoms with E-state index in [0.717, 1.165) is 23.7 Å². The molecule has 18 heavy (non-hydrogen) atoms. The molecule has 0 aromatic carbocycles. The molecule has 1 unspecified atom stereocenters. The maximum Gasteiger partial charge on any atom is 0.150 e. The Kier molecular flexibility index (Phi) is 3.83. The molecule has 102 valence electrons. The molecule has 1 aliphatic heterocycles. The molecule has 0 radical (unpaired) electrons. The highest BCUT2D eigenvalue weighted by atomic mass is 15.4. The van der Waals surface area contributed by atoms with Gasteiger partial charge in [0.2, 0.25) is 0 Å². The number of hydrogen-bond donors (Lipinski definition) is 1. The van der Waals surface area contributed by atoms with E-state index in [2.05, 4.69) is 30.8 Å². The van der Waals surface area contributed by atoms with E-state index in [1.807, 2.05) is 11.7 Å². The third kappa shape index (κ3) is 2.33. The molecule has 0 saturated carbocycles. The van der Waals surface area contributed by atoms with Crippen molar-refractivity contribution in [3.05, 3.63) is 5.69 Å². The maximum atomic E-state index is 6.32. The molecule has 2 rings (SSSR count). The van der Waals surface area contributed by atoms with Crippen molar-refractivity contribution in [2.45, 2.75) is 58.4 Å². The topological polar surface area (TPSA) is 47.1 Å². The lowest BCUT2D eigenvalue weighted by atomic mass is 10.1. The van der Waals surface area contributed by atoms with Crippen molar-refractivity contribution in [1.82, 2.24) is 9.78 Å². The molecule has 2 N–H and O–H groups in total. The predicted octanol–water partition coefficient (Wildman–Crippen LogP) is 2.89. The van der Waals surface area contributed by atoms with Crippen molar-refractivity contribution in [3.8, 4) is 0 Å². The van der Waals surface area contributed by atoms with Gasteiger partial charge < -0.3 is 10.6 Å². The van der Waals surface area contributed by atoms with Gasteiger partial charge in [-0.1, -0.05) is 26.7 Å². The minimum absolute atomic E-state index is 0.382. The Hall–Kier alpha value is -1.19. The number of anilines is 2. The monoisotopic (exact) mass is 250 g/mol. The fourth-order valence-corrected chi connectivity index (χ4v) is 2.91. The van der Waals surface area contributed by atoms with Crippen LogP contribution in [0.3, 0.4) is 0 Å². The minimum atomic E-state index is 0.382. The smallest absolute Gasteiger partial charge is 0.150 e. The Labute approximate surface area is 110 Å². The predicted molar refractivity (Wildman–Crippen MR) is 77.0 cm³/mol. The molecule has 1 aromatic heterocycles. The summed E-state index contributed by atoms with van der Waals surface area (Å²) in [5.74, 6) is 1.50. The highest BCUT2D eigenvalue weighted by molar-refractivity contribution is 5.67. The van der Waals surface area contributed by atoms with Crippen molar-refractivity contribution in [1.29, 1.82) is 0 Å². The molecule has 2 heterocycles. The first kappa shape index (κ1) is 13.2. The molecule has 0 amide bonds. The second-order valence-electron chi connectivity index (χ2n) is 5.79. The normalized spacial score (nSPS) is 21.4. The van der Waals surface area contributed by atoms with Crippen LogP contribution >= 0.6 is 0 Å². The number of rotatable bonds is 2. The Morgan fingerprint density at radius 1 is 1.28 bits per heavy atom. The van der Waals surface area contributed by atoms with E-state index >= 15 is 0 Å². The Bertz CT molecular complexity index is 408. The molecular formula is C14H26N4. The van der Waals surface area contributed by atoms with Gasteiger partial charge in [0.15, 0.2) is 5.82 Å². The zero-order chi connectivity index (χ0) is 13.3. The van der Waals surface area contributed by atoms with Crippen LogP contribution < -0.4 is 10.6 Å². The van der Waals surface area contributed by atoms with Gasteiger partial charge in [-0.15, -0.1) is 0 Å². The Morgan fingerprint density at radius 3 is 2.61 bits per heavy atom. The standard InChI is InChI=1S/C14H26N4/c1-10(2)13-12(15)14(17(4)16-13)18-9-7-5-6-8-11(18)3/h10-11H,5-9,15H2,1-4H3. The molecule has 1 atom stereocenters. The van der Waals surface area contributed by atoms with E-state index in [4.69, 9.17) is 5.73 Å². The van der Waals surface area contributed by atoms with Crippen LogP contribution in [0.2, 0.25) is 0 Å². The molecule has 1 saturated heterocycles. The van der Waals surface area contributed by atoms with Crippen LogP contribution in [0.1, 0.15) is 58.1 Å². The van der Waals surface area contributed by atoms with Gasteiger partial charge in [-0.3, -0.25) is 4.68 Å². The van der Waals surface area contributed by atoms with E-state index in [1.165, 1.54) is 25.7 Å². The molecule has 4 heteroatoms. The lowest BCUT2D eigenvalue weighted by Crippen LogP contribution is -2.34. The third-order valence-electron chi connectivity index (χ3n) is 3.95. The third-order valence-corrected chi connectivity index (χ3v) is 3.95. The van der Waals surface area contributed by atoms with Gasteiger partial charge in [-0.2, -0.15) is 5.10 Å². The molecule has 1 aliphatic rings. The van der Waals surface area contributed by atoms with Crippen molar-refractivity contribution < 1.29 is 0 Å². The lowest BCUT2D eigenvalue weighted by Gasteiger charge is -2.29. The number of aryl methyl sites for hydroxylation is 1. The Balaban J connectivity index is 2.36. The SMILES string of the molecule is CC(C)c1nn(C)c(N2CCCCCC2C)c1N. The quantitative estimate of drug-likeness (QED) is 0.878. The largest absolute Gasteiger partial charge is 0.394 e. The summed E-state index contributed by atoms with van der Waals surface area (Å²) < 4.78 is 1.96. The average Bonchev–Trinajstić information content (AvgIpc) is 2.49. The van der Waals surface area contributed by atoms with Crippen LogP contribution in [0.5, 0.6) is 0 Å². The van der Waals surface area contributed by atoms with Gasteiger partial charge in [-0.05, 0) is 25.7 Å². The maximum absolute atomic E-state index is 6.32. The Morgan fingerprint density at radius 2 is 2.00 bits per heavy atom. The van der Waals surface area contributed by atoms with Gasteiger partial charge in [0, 0.05) is 19.6 Å². The summed E-state index contributed by atoms with van der Waals surface area (Å²) in [7, 11) is 2.01. The molecule has 1 aromatic rings. The second kappa shape index (κ2) is 5.21. The van der Waals surface area contributed by atoms with Crippen molar-refractivity contribution in [3.63, 3.8) is 0 Å². The lowest BCUT2D eigenvalue weighted by molar-refractivity contribution is 0.593. The minimum Gasteiger partial charge on any atom is -0.394 e. The number of aromatic nitrogens is 2. The summed E-state index contributed by atoms with van der Waals surface area (Å²) in [6.07, 6.45) is 5.16. The summed E-state index contributed by atoms with van der Waals surface area (Å²) in [5.41, 5.74) is 8.23. The van der Waals surface area contributed by atoms with Gasteiger partial charge in [0.05, 0.1) is 11.4 Å². The van der Waals surface area contributed by atoms with Gasteiger partial charge in [0.1, 0.15) is 0 Å². The van der Waals surface area contributed by atoms with Crippen LogP contribution in [0.15, 0.2) is 0 Å². The van der Waals surface area contributed by atoms with E-state index in [9.17, 15) is 0 Å². The van der Waals surface area contributed by atoms with Gasteiger partial charge >= 0.3 is 0 Å². The van der Waals surface area contributed by atoms with E-state index < -0.39 is 0 Å². The van der Waals surface area contributed by atoms with E-state index in [-0.39, 0.29) is 0 Å². The van der Waals surface area contributed by atoms with Crippen LogP contribution in [0.4, 0.5) is 11.5 Å². The molecular weight excluding hydrogens is 224 g/mol. The van der Waals surface area contributed by atoms with Crippen molar-refractivity contribution in [2.24, 2.45) is 7.05 Å². The summed E-state index contributed by atoms with van der Waals surface area (Å²) in [5, 5.41) is 4.60. The average molecular weight is 250 g/mol. The number of nitrogens with zero attached hydrogens (tertiary/aromatic N) is 3. The second-order valence-corrected chi connectivity index (χ2v) is 5.79. The number of nitrogens with two attached hydrogens (primary N) is 1. The molecule has 4 nitrogen and oxygen atoms in total. The number of hydrogen-bond acceptors (Lipinski definition) is 3. The van der Waals surface area contributed by atoms with Crippen LogP contribution in [-0.4, -0.2) is 22.4 Å². The highest BCUT2D eigenvalue weighted by Crippen LogP contribution is 2.33. The van der Waals surface area contributed by atoms with E-state index in [1.54, 1.807) is 0 Å². The molecule has 0 aliphatic carbocycles. The van der Waals surface area contributed by atoms with Gasteiger partial charge in [-0.25, -0.2) is 0 Å². The van der Waals surface area contributed by atoms with Gasteiger partial charge in [0.25, 0.3) is 0 Å². The van der Waals surface area contributed by atoms with Crippen molar-refractivity contribution in [2.75, 3.05) is 17.2 Å². The van der Waals surface area contributed by atoms with Crippen LogP contribution in [0.25, 0.3) is 0 Å². The fraction of sp³-hybridized carbons (Fsp3) is 0.786. The first-order chi connectivity index (χ1) is 8.52. The zero-order valence-electron chi connectivity index (χ0n) is 12.1. The highest BCUT2D eigenvalue weighted by Gasteiger charge is 2.25. The van der Waals surface area contributed by atoms with Crippen molar-refractivity contribution >= 4 is 11.5 Å². The molecule has 1 fully saturated rings.